The standard InChI is InChI=1S/C27H29NO2.C26H27NO2.C19H21NO3.CH4O/c1-18-11-21-9-10-28-16-23-15-27(30-17-20-7-5-4-6-8-20)26(29-3)14-22(23)13-25(28)24(21)12-19(18)2;1-17-10-20-8-9-27-15-22-14-26(29-16-19-6-4-3-5-7-19)25(28)13-21(22)12-24(27)23(20)11-18(17)2;1-11-5-12-3-4-20-10-14-7-18(22)19(23-2)8-13(14)6-16(20)15(12)9-17(11)21;1-2/h4-8,11-12,14-15,25H,9-10,13,16-17H2,1-3H3;3-7,10-11,13-14,24,28H,8-9,12,15-16H2,1-2H3;5,7-9,16,21-22H,3-4,6,10H2,1-2H3;2H,1H3/t25-;24-;16-;/m111./s1. The molecule has 0 radical (unpaired) electrons. The van der Waals surface area contributed by atoms with E-state index in [2.05, 4.69) is 97.0 Å². The number of aromatic hydroxyl groups is 3. The van der Waals surface area contributed by atoms with Crippen LogP contribution in [0.5, 0.6) is 40.2 Å². The Labute approximate surface area is 496 Å². The van der Waals surface area contributed by atoms with Gasteiger partial charge in [-0.25, -0.2) is 0 Å². The van der Waals surface area contributed by atoms with Crippen molar-refractivity contribution in [2.24, 2.45) is 0 Å². The van der Waals surface area contributed by atoms with Crippen LogP contribution >= 0.6 is 0 Å². The number of phenols is 3. The molecule has 0 saturated heterocycles. The number of hydrogen-bond donors (Lipinski definition) is 4. The van der Waals surface area contributed by atoms with Gasteiger partial charge in [0.05, 0.1) is 14.2 Å². The zero-order chi connectivity index (χ0) is 58.8. The number of benzene rings is 8. The van der Waals surface area contributed by atoms with E-state index in [-0.39, 0.29) is 17.5 Å². The summed E-state index contributed by atoms with van der Waals surface area (Å²) in [6.07, 6.45) is 6.09. The Hall–Kier alpha value is -7.80. The van der Waals surface area contributed by atoms with Gasteiger partial charge in [-0.2, -0.15) is 0 Å². The predicted molar refractivity (Wildman–Crippen MR) is 332 cm³/mol. The molecule has 84 heavy (non-hydrogen) atoms. The van der Waals surface area contributed by atoms with Gasteiger partial charge in [-0.05, 0) is 221 Å². The summed E-state index contributed by atoms with van der Waals surface area (Å²) < 4.78 is 23.0. The van der Waals surface area contributed by atoms with Gasteiger partial charge in [0.25, 0.3) is 0 Å². The lowest BCUT2D eigenvalue weighted by Gasteiger charge is -2.42. The van der Waals surface area contributed by atoms with E-state index in [0.29, 0.717) is 42.5 Å². The molecule has 11 heteroatoms. The minimum absolute atomic E-state index is 0.204. The van der Waals surface area contributed by atoms with Crippen LogP contribution in [0, 0.1) is 34.6 Å². The molecule has 436 valence electrons. The highest BCUT2D eigenvalue weighted by Crippen LogP contribution is 2.46. The number of aliphatic hydroxyl groups is 1. The molecule has 8 aromatic rings. The Balaban J connectivity index is 0.000000131. The van der Waals surface area contributed by atoms with Gasteiger partial charge in [-0.1, -0.05) is 91.0 Å². The van der Waals surface area contributed by atoms with Crippen LogP contribution < -0.4 is 18.9 Å². The summed E-state index contributed by atoms with van der Waals surface area (Å²) in [4.78, 5) is 7.65. The smallest absolute Gasteiger partial charge is 0.162 e. The van der Waals surface area contributed by atoms with Crippen molar-refractivity contribution in [3.8, 4) is 40.2 Å². The van der Waals surface area contributed by atoms with Gasteiger partial charge in [-0.3, -0.25) is 14.7 Å². The first-order chi connectivity index (χ1) is 40.8. The fourth-order valence-corrected chi connectivity index (χ4v) is 13.6. The molecule has 0 spiro atoms. The fourth-order valence-electron chi connectivity index (χ4n) is 13.6. The van der Waals surface area contributed by atoms with Crippen LogP contribution in [0.4, 0.5) is 0 Å². The second kappa shape index (κ2) is 25.2. The molecule has 0 aromatic heterocycles. The normalized spacial score (nSPS) is 17.9. The maximum absolute atomic E-state index is 10.6. The molecule has 0 amide bonds. The number of methoxy groups -OCH3 is 2. The Morgan fingerprint density at radius 3 is 1.20 bits per heavy atom. The number of aryl methyl sites for hydroxylation is 5. The molecule has 11 nitrogen and oxygen atoms in total. The molecule has 0 unspecified atom stereocenters. The molecule has 0 saturated carbocycles. The van der Waals surface area contributed by atoms with Crippen molar-refractivity contribution in [2.45, 2.75) is 124 Å². The molecule has 0 aliphatic carbocycles. The summed E-state index contributed by atoms with van der Waals surface area (Å²) in [5.41, 5.74) is 25.0. The molecule has 4 N–H and O–H groups in total. The summed E-state index contributed by atoms with van der Waals surface area (Å²) >= 11 is 0. The average molecular weight is 1130 g/mol. The lowest BCUT2D eigenvalue weighted by atomic mass is 9.82. The van der Waals surface area contributed by atoms with Crippen LogP contribution in [-0.4, -0.2) is 76.1 Å². The van der Waals surface area contributed by atoms with E-state index in [1.807, 2.05) is 85.8 Å². The summed E-state index contributed by atoms with van der Waals surface area (Å²) in [6, 6.07) is 47.3. The summed E-state index contributed by atoms with van der Waals surface area (Å²) in [6.45, 7) is 17.7. The van der Waals surface area contributed by atoms with Gasteiger partial charge in [0, 0.05) is 64.5 Å². The first kappa shape index (κ1) is 58.0. The van der Waals surface area contributed by atoms with E-state index in [1.54, 1.807) is 14.2 Å². The lowest BCUT2D eigenvalue weighted by Crippen LogP contribution is -2.39. The SMILES string of the molecule is CO.COc1cc2c(cc1O)CN1CCc3cc(C)c(O)cc3[C@H]1C2.COc1cc2c(cc1OCc1ccccc1)CN1CCc3cc(C)c(C)cc3[C@H]1C2.Cc1cc2c(cc1C)[C@H]1Cc3cc(O)c(OCc4ccccc4)cc3CN1CC2. The van der Waals surface area contributed by atoms with Crippen LogP contribution in [0.2, 0.25) is 0 Å². The van der Waals surface area contributed by atoms with Crippen molar-refractivity contribution in [1.29, 1.82) is 0 Å². The fraction of sp³-hybridized carbons (Fsp3) is 0.342. The van der Waals surface area contributed by atoms with Gasteiger partial charge in [0.2, 0.25) is 0 Å². The molecular formula is C73H81N3O8. The van der Waals surface area contributed by atoms with E-state index in [9.17, 15) is 15.3 Å². The lowest BCUT2D eigenvalue weighted by molar-refractivity contribution is 0.160. The molecule has 0 bridgehead atoms. The Morgan fingerprint density at radius 1 is 0.369 bits per heavy atom. The van der Waals surface area contributed by atoms with Gasteiger partial charge in [0.15, 0.2) is 34.5 Å². The quantitative estimate of drug-likeness (QED) is 0.116. The number of rotatable bonds is 8. The van der Waals surface area contributed by atoms with Crippen LogP contribution in [0.1, 0.15) is 124 Å². The second-order valence-electron chi connectivity index (χ2n) is 23.6. The number of aliphatic hydroxyl groups excluding tert-OH is 1. The third-order valence-corrected chi connectivity index (χ3v) is 18.5. The van der Waals surface area contributed by atoms with Crippen molar-refractivity contribution < 1.29 is 39.4 Å². The monoisotopic (exact) mass is 1130 g/mol. The van der Waals surface area contributed by atoms with Gasteiger partial charge < -0.3 is 39.4 Å². The molecule has 6 aliphatic rings. The first-order valence-electron chi connectivity index (χ1n) is 29.7. The summed E-state index contributed by atoms with van der Waals surface area (Å²) in [5.74, 6) is 3.59. The van der Waals surface area contributed by atoms with Gasteiger partial charge >= 0.3 is 0 Å². The van der Waals surface area contributed by atoms with E-state index in [4.69, 9.17) is 24.1 Å². The van der Waals surface area contributed by atoms with Crippen molar-refractivity contribution in [2.75, 3.05) is 41.0 Å². The highest BCUT2D eigenvalue weighted by molar-refractivity contribution is 5.54. The molecule has 3 atom stereocenters. The largest absolute Gasteiger partial charge is 0.508 e. The van der Waals surface area contributed by atoms with E-state index in [1.165, 1.54) is 89.0 Å². The van der Waals surface area contributed by atoms with Crippen molar-refractivity contribution >= 4 is 0 Å². The maximum atomic E-state index is 10.6. The highest BCUT2D eigenvalue weighted by atomic mass is 16.5. The van der Waals surface area contributed by atoms with Crippen LogP contribution in [-0.2, 0) is 71.4 Å². The molecular weight excluding hydrogens is 1050 g/mol. The molecule has 6 heterocycles. The minimum Gasteiger partial charge on any atom is -0.508 e. The van der Waals surface area contributed by atoms with Gasteiger partial charge in [-0.15, -0.1) is 0 Å². The van der Waals surface area contributed by atoms with E-state index in [0.717, 1.165) is 113 Å². The number of phenolic OH excluding ortho intramolecular Hbond substituents is 3. The van der Waals surface area contributed by atoms with E-state index < -0.39 is 0 Å². The Morgan fingerprint density at radius 2 is 0.726 bits per heavy atom. The molecule has 6 aliphatic heterocycles. The third-order valence-electron chi connectivity index (χ3n) is 18.5. The zero-order valence-corrected chi connectivity index (χ0v) is 50.1. The summed E-state index contributed by atoms with van der Waals surface area (Å²) in [7, 11) is 4.31. The average Bonchev–Trinajstić information content (AvgIpc) is 1.42. The number of hydrogen-bond acceptors (Lipinski definition) is 11. The highest BCUT2D eigenvalue weighted by Gasteiger charge is 2.36. The number of ether oxygens (including phenoxy) is 4. The summed E-state index contributed by atoms with van der Waals surface area (Å²) in [5, 5.41) is 37.7. The van der Waals surface area contributed by atoms with Crippen LogP contribution in [0.3, 0.4) is 0 Å². The minimum atomic E-state index is 0.204. The van der Waals surface area contributed by atoms with Crippen molar-refractivity contribution in [3.63, 3.8) is 0 Å². The topological polar surface area (TPSA) is 128 Å². The van der Waals surface area contributed by atoms with E-state index >= 15 is 0 Å². The predicted octanol–water partition coefficient (Wildman–Crippen LogP) is 13.5. The van der Waals surface area contributed by atoms with Crippen LogP contribution in [0.25, 0.3) is 0 Å². The number of fused-ring (bicyclic) bond motifs is 12. The second-order valence-corrected chi connectivity index (χ2v) is 23.6. The Bertz CT molecular complexity index is 3680. The third kappa shape index (κ3) is 12.1. The Kier molecular flexibility index (Phi) is 17.4. The molecule has 14 rings (SSSR count). The zero-order valence-electron chi connectivity index (χ0n) is 50.1. The molecule has 8 aromatic carbocycles. The maximum Gasteiger partial charge on any atom is 0.162 e. The van der Waals surface area contributed by atoms with Gasteiger partial charge in [0.1, 0.15) is 19.0 Å². The molecule has 0 fully saturated rings. The van der Waals surface area contributed by atoms with Crippen LogP contribution in [0.15, 0.2) is 133 Å². The first-order valence-corrected chi connectivity index (χ1v) is 29.7. The van der Waals surface area contributed by atoms with Crippen molar-refractivity contribution in [1.82, 2.24) is 14.7 Å². The van der Waals surface area contributed by atoms with Crippen molar-refractivity contribution in [3.05, 3.63) is 239 Å². The number of nitrogens with zero attached hydrogens (tertiary/aromatic N) is 3.